The van der Waals surface area contributed by atoms with Gasteiger partial charge in [-0.25, -0.2) is 19.2 Å². The van der Waals surface area contributed by atoms with Crippen molar-refractivity contribution in [1.82, 2.24) is 40.0 Å². The zero-order valence-electron chi connectivity index (χ0n) is 50.9. The first-order chi connectivity index (χ1) is 38.6. The van der Waals surface area contributed by atoms with Crippen molar-refractivity contribution in [3.63, 3.8) is 0 Å². The topological polar surface area (TPSA) is 244 Å². The Morgan fingerprint density at radius 2 is 0.671 bits per heavy atom. The molecule has 3 heterocycles. The fourth-order valence-electron chi connectivity index (χ4n) is 10.0. The van der Waals surface area contributed by atoms with Crippen LogP contribution in [0.25, 0.3) is 0 Å². The number of benzene rings is 2. The summed E-state index contributed by atoms with van der Waals surface area (Å²) in [6.45, 7) is 21.4. The highest BCUT2D eigenvalue weighted by Gasteiger charge is 2.43. The molecular formula is C62H88N8O12. The maximum Gasteiger partial charge on any atom is 0.329 e. The van der Waals surface area contributed by atoms with E-state index in [0.29, 0.717) is 24.0 Å². The third-order valence-electron chi connectivity index (χ3n) is 15.0. The van der Waals surface area contributed by atoms with E-state index in [1.165, 1.54) is 42.0 Å². The zero-order chi connectivity index (χ0) is 60.9. The molecule has 2 N–H and O–H groups in total. The highest BCUT2D eigenvalue weighted by atomic mass is 16.6. The fourth-order valence-corrected chi connectivity index (χ4v) is 10.0. The van der Waals surface area contributed by atoms with E-state index in [1.807, 2.05) is 118 Å². The zero-order valence-corrected chi connectivity index (χ0v) is 50.9. The molecule has 1 aliphatic heterocycles. The number of hydrogen-bond acceptors (Lipinski definition) is 14. The standard InChI is InChI=1S/C62H88N8O12/c1-35(2)25-49-59(75)79-41(11)55(71)67(13)52(28-38(7)8)62(78)82-54(32-46-23-19-44(20-24-46)30-48-34-64-66-40(48)10)58(74)70(16)50(26-36(3)4)60(76)80-42(12)56(72)68(14)51(27-37(5)6)61(77)81-53(57(73)69(49)15)31-45-21-17-43(18-22-45)29-47-33-63-65-39(47)9/h17-24,33-38,41-42,49-54H,25-32H2,1-16H3,(H,63,65)(H,64,66)/t41-,42-,49+,50+,51+,52+,53-,54-/m1/s1. The lowest BCUT2D eigenvalue weighted by atomic mass is 9.99. The van der Waals surface area contributed by atoms with Crippen LogP contribution >= 0.6 is 0 Å². The Hall–Kier alpha value is -7.38. The molecule has 0 spiro atoms. The molecular weight excluding hydrogens is 1050 g/mol. The third kappa shape index (κ3) is 17.8. The number of carbonyl (C=O) groups excluding carboxylic acids is 8. The largest absolute Gasteiger partial charge is 0.451 e. The second-order valence-corrected chi connectivity index (χ2v) is 23.8. The van der Waals surface area contributed by atoms with Crippen molar-refractivity contribution in [1.29, 1.82) is 0 Å². The molecule has 0 radical (unpaired) electrons. The van der Waals surface area contributed by atoms with Gasteiger partial charge in [-0.15, -0.1) is 0 Å². The van der Waals surface area contributed by atoms with Crippen LogP contribution in [-0.4, -0.2) is 164 Å². The second-order valence-electron chi connectivity index (χ2n) is 23.8. The number of ether oxygens (including phenoxy) is 4. The predicted molar refractivity (Wildman–Crippen MR) is 307 cm³/mol. The van der Waals surface area contributed by atoms with Gasteiger partial charge in [0.2, 0.25) is 0 Å². The minimum Gasteiger partial charge on any atom is -0.451 e. The molecule has 0 saturated carbocycles. The molecule has 4 amide bonds. The average molecular weight is 1140 g/mol. The maximum atomic E-state index is 15.0. The van der Waals surface area contributed by atoms with E-state index in [-0.39, 0.29) is 62.2 Å². The Morgan fingerprint density at radius 1 is 0.415 bits per heavy atom. The summed E-state index contributed by atoms with van der Waals surface area (Å²) in [6.07, 6.45) is -1.24. The Morgan fingerprint density at radius 3 is 0.927 bits per heavy atom. The number of esters is 4. The monoisotopic (exact) mass is 1140 g/mol. The van der Waals surface area contributed by atoms with Gasteiger partial charge in [-0.05, 0) is 110 Å². The van der Waals surface area contributed by atoms with E-state index >= 15 is 9.59 Å². The number of nitrogens with one attached hydrogen (secondary N) is 2. The second kappa shape index (κ2) is 29.6. The van der Waals surface area contributed by atoms with Gasteiger partial charge in [0, 0.05) is 65.3 Å². The number of likely N-dealkylation sites (N-methyl/N-ethyl adjacent to an activating group) is 4. The number of cyclic esters (lactones) is 4. The average Bonchev–Trinajstić information content (AvgIpc) is 4.20. The molecule has 4 aromatic rings. The van der Waals surface area contributed by atoms with E-state index < -0.39 is 96.1 Å². The molecule has 1 fully saturated rings. The molecule has 1 aliphatic rings. The molecule has 0 aliphatic carbocycles. The number of rotatable bonds is 16. The molecule has 2 aromatic heterocycles. The number of nitrogens with zero attached hydrogens (tertiary/aromatic N) is 6. The lowest BCUT2D eigenvalue weighted by molar-refractivity contribution is -0.176. The van der Waals surface area contributed by atoms with Gasteiger partial charge in [0.1, 0.15) is 24.2 Å². The fraction of sp³-hybridized carbons (Fsp3) is 0.581. The highest BCUT2D eigenvalue weighted by molar-refractivity contribution is 5.94. The summed E-state index contributed by atoms with van der Waals surface area (Å²) in [5.74, 6) is -7.40. The molecule has 20 nitrogen and oxygen atoms in total. The van der Waals surface area contributed by atoms with E-state index in [9.17, 15) is 28.8 Å². The van der Waals surface area contributed by atoms with Crippen LogP contribution in [0.3, 0.4) is 0 Å². The predicted octanol–water partition coefficient (Wildman–Crippen LogP) is 6.91. The summed E-state index contributed by atoms with van der Waals surface area (Å²) >= 11 is 0. The van der Waals surface area contributed by atoms with Gasteiger partial charge in [-0.2, -0.15) is 10.2 Å². The summed E-state index contributed by atoms with van der Waals surface area (Å²) < 4.78 is 24.3. The van der Waals surface area contributed by atoms with Crippen molar-refractivity contribution in [2.45, 2.75) is 183 Å². The molecule has 0 unspecified atom stereocenters. The summed E-state index contributed by atoms with van der Waals surface area (Å²) in [4.78, 5) is 122. The molecule has 1 saturated heterocycles. The van der Waals surface area contributed by atoms with Crippen LogP contribution in [0.2, 0.25) is 0 Å². The van der Waals surface area contributed by atoms with Gasteiger partial charge in [0.15, 0.2) is 24.4 Å². The highest BCUT2D eigenvalue weighted by Crippen LogP contribution is 2.25. The van der Waals surface area contributed by atoms with Crippen molar-refractivity contribution in [2.24, 2.45) is 23.7 Å². The Kier molecular flexibility index (Phi) is 23.6. The summed E-state index contributed by atoms with van der Waals surface area (Å²) in [5.41, 5.74) is 7.04. The number of aromatic amines is 2. The van der Waals surface area contributed by atoms with Gasteiger partial charge in [-0.1, -0.05) is 104 Å². The number of hydrogen-bond donors (Lipinski definition) is 2. The normalized spacial score (nSPS) is 23.0. The van der Waals surface area contributed by atoms with Crippen LogP contribution < -0.4 is 0 Å². The molecule has 8 atom stereocenters. The van der Waals surface area contributed by atoms with Gasteiger partial charge >= 0.3 is 23.9 Å². The van der Waals surface area contributed by atoms with Crippen LogP contribution in [0.1, 0.15) is 140 Å². The number of carbonyl (C=O) groups is 8. The van der Waals surface area contributed by atoms with Crippen LogP contribution in [0.5, 0.6) is 0 Å². The molecule has 82 heavy (non-hydrogen) atoms. The smallest absolute Gasteiger partial charge is 0.329 e. The van der Waals surface area contributed by atoms with E-state index in [2.05, 4.69) is 20.4 Å². The van der Waals surface area contributed by atoms with E-state index in [4.69, 9.17) is 18.9 Å². The summed E-state index contributed by atoms with van der Waals surface area (Å²) in [5, 5.41) is 14.1. The van der Waals surface area contributed by atoms with Crippen LogP contribution in [-0.2, 0) is 83.0 Å². The molecule has 20 heteroatoms. The van der Waals surface area contributed by atoms with Gasteiger partial charge in [0.25, 0.3) is 23.6 Å². The number of aromatic nitrogens is 4. The first kappa shape index (κ1) is 65.4. The minimum atomic E-state index is -1.53. The van der Waals surface area contributed by atoms with Gasteiger partial charge in [-0.3, -0.25) is 29.4 Å². The van der Waals surface area contributed by atoms with Gasteiger partial charge < -0.3 is 38.5 Å². The Bertz CT molecular complexity index is 2620. The minimum absolute atomic E-state index is 0.0847. The van der Waals surface area contributed by atoms with Crippen molar-refractivity contribution < 1.29 is 57.3 Å². The first-order valence-electron chi connectivity index (χ1n) is 28.6. The molecule has 0 bridgehead atoms. The van der Waals surface area contributed by atoms with Gasteiger partial charge in [0.05, 0.1) is 12.4 Å². The van der Waals surface area contributed by atoms with Crippen LogP contribution in [0.4, 0.5) is 0 Å². The van der Waals surface area contributed by atoms with Crippen LogP contribution in [0, 0.1) is 37.5 Å². The number of H-pyrrole nitrogens is 2. The molecule has 5 rings (SSSR count). The number of aryl methyl sites for hydroxylation is 2. The van der Waals surface area contributed by atoms with E-state index in [1.54, 1.807) is 12.4 Å². The summed E-state index contributed by atoms with van der Waals surface area (Å²) in [7, 11) is 5.59. The quantitative estimate of drug-likeness (QED) is 0.0856. The SMILES string of the molecule is Cc1[nH]ncc1Cc1ccc(C[C@H]2OC(=O)[C@H](CC(C)C)N(C)C(=O)[C@@H](C)OC(=O)[C@H](CC(C)C)N(C)C(=O)[C@@H](Cc3ccc(Cc4cn[nH]c4C)cc3)OC(=O)[C@H](CC(C)C)N(C)C(=O)[C@@H](C)OC(=O)[C@H](CC(C)C)N(C)C2=O)cc1. The Labute approximate surface area is 483 Å². The first-order valence-corrected chi connectivity index (χ1v) is 28.6. The Balaban J connectivity index is 1.59. The lowest BCUT2D eigenvalue weighted by Crippen LogP contribution is -2.55. The molecule has 2 aromatic carbocycles. The maximum absolute atomic E-state index is 15.0. The number of amides is 4. The van der Waals surface area contributed by atoms with Crippen molar-refractivity contribution in [2.75, 3.05) is 28.2 Å². The van der Waals surface area contributed by atoms with Crippen molar-refractivity contribution >= 4 is 47.5 Å². The summed E-state index contributed by atoms with van der Waals surface area (Å²) in [6, 6.07) is 9.76. The van der Waals surface area contributed by atoms with Crippen LogP contribution in [0.15, 0.2) is 60.9 Å². The molecule has 448 valence electrons. The third-order valence-corrected chi connectivity index (χ3v) is 15.0. The van der Waals surface area contributed by atoms with Crippen molar-refractivity contribution in [3.05, 3.63) is 106 Å². The van der Waals surface area contributed by atoms with E-state index in [0.717, 1.165) is 53.2 Å². The lowest BCUT2D eigenvalue weighted by Gasteiger charge is -2.35. The van der Waals surface area contributed by atoms with Crippen molar-refractivity contribution in [3.8, 4) is 0 Å².